The number of benzene rings is 2. The van der Waals surface area contributed by atoms with Crippen LogP contribution in [-0.2, 0) is 9.53 Å². The van der Waals surface area contributed by atoms with Crippen molar-refractivity contribution < 1.29 is 18.7 Å². The zero-order chi connectivity index (χ0) is 19.3. The van der Waals surface area contributed by atoms with E-state index in [4.69, 9.17) is 13.9 Å². The van der Waals surface area contributed by atoms with Crippen molar-refractivity contribution in [2.75, 3.05) is 24.3 Å². The van der Waals surface area contributed by atoms with E-state index in [0.717, 1.165) is 30.5 Å². The molecule has 0 saturated carbocycles. The summed E-state index contributed by atoms with van der Waals surface area (Å²) in [6, 6.07) is 13.3. The molecule has 3 aromatic rings. The largest absolute Gasteiger partial charge is 0.489 e. The Morgan fingerprint density at radius 1 is 1.32 bits per heavy atom. The monoisotopic (exact) mass is 398 g/mol. The molecule has 0 radical (unpaired) electrons. The molecule has 1 amide bonds. The first-order valence-corrected chi connectivity index (χ1v) is 10.3. The van der Waals surface area contributed by atoms with Crippen LogP contribution in [-0.4, -0.2) is 36.0 Å². The SMILES string of the molecule is Cc1ccc(NC(=O)CSc2nc3ccccc3o2)c(OCC2CCCO2)c1. The van der Waals surface area contributed by atoms with Gasteiger partial charge >= 0.3 is 0 Å². The average Bonchev–Trinajstić information content (AvgIpc) is 3.35. The average molecular weight is 398 g/mol. The van der Waals surface area contributed by atoms with Gasteiger partial charge in [-0.25, -0.2) is 4.98 Å². The molecule has 0 bridgehead atoms. The highest BCUT2D eigenvalue weighted by atomic mass is 32.2. The Bertz CT molecular complexity index is 933. The number of anilines is 1. The van der Waals surface area contributed by atoms with E-state index in [1.807, 2.05) is 49.4 Å². The number of nitrogens with zero attached hydrogens (tertiary/aromatic N) is 1. The molecule has 7 heteroatoms. The predicted molar refractivity (Wildman–Crippen MR) is 109 cm³/mol. The zero-order valence-electron chi connectivity index (χ0n) is 15.6. The molecule has 0 aliphatic carbocycles. The van der Waals surface area contributed by atoms with Crippen molar-refractivity contribution in [1.82, 2.24) is 4.98 Å². The van der Waals surface area contributed by atoms with E-state index < -0.39 is 0 Å². The second kappa shape index (κ2) is 8.67. The van der Waals surface area contributed by atoms with Crippen LogP contribution in [0.5, 0.6) is 5.75 Å². The first-order chi connectivity index (χ1) is 13.7. The number of aromatic nitrogens is 1. The van der Waals surface area contributed by atoms with Crippen LogP contribution in [0.25, 0.3) is 11.1 Å². The number of carbonyl (C=O) groups is 1. The number of aryl methyl sites for hydroxylation is 1. The summed E-state index contributed by atoms with van der Waals surface area (Å²) < 4.78 is 17.2. The van der Waals surface area contributed by atoms with Crippen molar-refractivity contribution in [1.29, 1.82) is 0 Å². The van der Waals surface area contributed by atoms with Gasteiger partial charge in [0.2, 0.25) is 5.91 Å². The number of hydrogen-bond acceptors (Lipinski definition) is 6. The Morgan fingerprint density at radius 2 is 2.21 bits per heavy atom. The van der Waals surface area contributed by atoms with Crippen LogP contribution in [0.1, 0.15) is 18.4 Å². The van der Waals surface area contributed by atoms with Gasteiger partial charge in [-0.2, -0.15) is 0 Å². The van der Waals surface area contributed by atoms with Gasteiger partial charge in [0.05, 0.1) is 17.5 Å². The number of fused-ring (bicyclic) bond motifs is 1. The van der Waals surface area contributed by atoms with E-state index in [-0.39, 0.29) is 17.8 Å². The summed E-state index contributed by atoms with van der Waals surface area (Å²) in [5.41, 5.74) is 3.23. The summed E-state index contributed by atoms with van der Waals surface area (Å²) in [4.78, 5) is 16.8. The van der Waals surface area contributed by atoms with Crippen molar-refractivity contribution in [3.63, 3.8) is 0 Å². The third-order valence-electron chi connectivity index (χ3n) is 4.46. The Hall–Kier alpha value is -2.51. The number of thioether (sulfide) groups is 1. The minimum Gasteiger partial charge on any atom is -0.489 e. The summed E-state index contributed by atoms with van der Waals surface area (Å²) in [6.07, 6.45) is 2.20. The Kier molecular flexibility index (Phi) is 5.83. The number of oxazole rings is 1. The van der Waals surface area contributed by atoms with Crippen LogP contribution >= 0.6 is 11.8 Å². The molecule has 0 spiro atoms. The lowest BCUT2D eigenvalue weighted by Gasteiger charge is -2.15. The molecule has 146 valence electrons. The van der Waals surface area contributed by atoms with Gasteiger partial charge in [-0.3, -0.25) is 4.79 Å². The molecule has 2 heterocycles. The van der Waals surface area contributed by atoms with E-state index >= 15 is 0 Å². The van der Waals surface area contributed by atoms with Crippen molar-refractivity contribution in [3.8, 4) is 5.75 Å². The molecule has 1 fully saturated rings. The number of nitrogens with one attached hydrogen (secondary N) is 1. The van der Waals surface area contributed by atoms with E-state index in [9.17, 15) is 4.79 Å². The normalized spacial score (nSPS) is 16.4. The minimum atomic E-state index is -0.141. The standard InChI is InChI=1S/C21H22N2O4S/c1-14-8-9-17(19(11-14)26-12-15-5-4-10-25-15)22-20(24)13-28-21-23-16-6-2-3-7-18(16)27-21/h2-3,6-9,11,15H,4-5,10,12-13H2,1H3,(H,22,24). The van der Waals surface area contributed by atoms with Gasteiger partial charge in [-0.15, -0.1) is 0 Å². The van der Waals surface area contributed by atoms with Gasteiger partial charge in [0.15, 0.2) is 5.58 Å². The lowest BCUT2D eigenvalue weighted by atomic mass is 10.2. The minimum absolute atomic E-state index is 0.124. The summed E-state index contributed by atoms with van der Waals surface area (Å²) in [5.74, 6) is 0.722. The summed E-state index contributed by atoms with van der Waals surface area (Å²) in [7, 11) is 0. The highest BCUT2D eigenvalue weighted by Crippen LogP contribution is 2.28. The quantitative estimate of drug-likeness (QED) is 0.594. The fourth-order valence-corrected chi connectivity index (χ4v) is 3.68. The van der Waals surface area contributed by atoms with E-state index in [1.165, 1.54) is 11.8 Å². The van der Waals surface area contributed by atoms with Gasteiger partial charge in [0.1, 0.15) is 17.9 Å². The summed E-state index contributed by atoms with van der Waals surface area (Å²) >= 11 is 1.27. The first kappa shape index (κ1) is 18.8. The number of carbonyl (C=O) groups excluding carboxylic acids is 1. The third kappa shape index (κ3) is 4.66. The first-order valence-electron chi connectivity index (χ1n) is 9.30. The van der Waals surface area contributed by atoms with Gasteiger partial charge in [0.25, 0.3) is 5.22 Å². The molecule has 1 unspecified atom stereocenters. The van der Waals surface area contributed by atoms with Crippen molar-refractivity contribution >= 4 is 34.5 Å². The Labute approximate surface area is 167 Å². The Morgan fingerprint density at radius 3 is 3.04 bits per heavy atom. The molecule has 6 nitrogen and oxygen atoms in total. The number of para-hydroxylation sites is 2. The molecule has 2 aromatic carbocycles. The highest BCUT2D eigenvalue weighted by Gasteiger charge is 2.17. The van der Waals surface area contributed by atoms with Gasteiger partial charge in [-0.1, -0.05) is 30.0 Å². The van der Waals surface area contributed by atoms with Gasteiger partial charge in [0, 0.05) is 6.61 Å². The van der Waals surface area contributed by atoms with E-state index in [1.54, 1.807) is 0 Å². The second-order valence-corrected chi connectivity index (χ2v) is 7.66. The van der Waals surface area contributed by atoms with Crippen LogP contribution < -0.4 is 10.1 Å². The molecule has 28 heavy (non-hydrogen) atoms. The maximum Gasteiger partial charge on any atom is 0.257 e. The zero-order valence-corrected chi connectivity index (χ0v) is 16.5. The summed E-state index contributed by atoms with van der Waals surface area (Å²) in [5, 5.41) is 3.40. The molecule has 1 aromatic heterocycles. The predicted octanol–water partition coefficient (Wildman–Crippen LogP) is 4.42. The fourth-order valence-electron chi connectivity index (χ4n) is 3.04. The van der Waals surface area contributed by atoms with Gasteiger partial charge in [-0.05, 0) is 49.6 Å². The lowest BCUT2D eigenvalue weighted by Crippen LogP contribution is -2.18. The van der Waals surface area contributed by atoms with Crippen LogP contribution in [0.3, 0.4) is 0 Å². The molecule has 1 N–H and O–H groups in total. The fraction of sp³-hybridized carbons (Fsp3) is 0.333. The van der Waals surface area contributed by atoms with E-state index in [2.05, 4.69) is 10.3 Å². The van der Waals surface area contributed by atoms with Crippen molar-refractivity contribution in [2.45, 2.75) is 31.1 Å². The second-order valence-electron chi connectivity index (χ2n) is 6.73. The van der Waals surface area contributed by atoms with Crippen LogP contribution in [0, 0.1) is 6.92 Å². The molecule has 1 atom stereocenters. The summed E-state index contributed by atoms with van der Waals surface area (Å²) in [6.45, 7) is 3.27. The highest BCUT2D eigenvalue weighted by molar-refractivity contribution is 7.99. The smallest absolute Gasteiger partial charge is 0.257 e. The van der Waals surface area contributed by atoms with Crippen LogP contribution in [0.2, 0.25) is 0 Å². The Balaban J connectivity index is 1.36. The molecular weight excluding hydrogens is 376 g/mol. The number of ether oxygens (including phenoxy) is 2. The van der Waals surface area contributed by atoms with Crippen molar-refractivity contribution in [3.05, 3.63) is 48.0 Å². The number of amides is 1. The maximum atomic E-state index is 12.4. The van der Waals surface area contributed by atoms with Crippen molar-refractivity contribution in [2.24, 2.45) is 0 Å². The maximum absolute atomic E-state index is 12.4. The topological polar surface area (TPSA) is 73.6 Å². The molecule has 1 aliphatic rings. The molecule has 4 rings (SSSR count). The lowest BCUT2D eigenvalue weighted by molar-refractivity contribution is -0.113. The van der Waals surface area contributed by atoms with Gasteiger partial charge < -0.3 is 19.2 Å². The molecule has 1 aliphatic heterocycles. The third-order valence-corrected chi connectivity index (χ3v) is 5.29. The van der Waals surface area contributed by atoms with Crippen LogP contribution in [0.4, 0.5) is 5.69 Å². The molecular formula is C21H22N2O4S. The number of rotatable bonds is 7. The number of hydrogen-bond donors (Lipinski definition) is 1. The van der Waals surface area contributed by atoms with Crippen LogP contribution in [0.15, 0.2) is 52.1 Å². The van der Waals surface area contributed by atoms with E-state index in [0.29, 0.717) is 28.8 Å². The molecule has 1 saturated heterocycles.